The highest BCUT2D eigenvalue weighted by Gasteiger charge is 2.24. The Morgan fingerprint density at radius 1 is 1.36 bits per heavy atom. The Kier molecular flexibility index (Phi) is 6.96. The second-order valence-electron chi connectivity index (χ2n) is 8.22. The highest BCUT2D eigenvalue weighted by atomic mass is 35.5. The summed E-state index contributed by atoms with van der Waals surface area (Å²) in [6.07, 6.45) is 1.50. The van der Waals surface area contributed by atoms with Crippen LogP contribution in [0.25, 0.3) is 10.9 Å². The van der Waals surface area contributed by atoms with Crippen LogP contribution in [-0.2, 0) is 17.8 Å². The summed E-state index contributed by atoms with van der Waals surface area (Å²) < 4.78 is 0. The minimum Gasteiger partial charge on any atom is -0.351 e. The molecular formula is C22H25ClN6O3S. The topological polar surface area (TPSA) is 110 Å². The van der Waals surface area contributed by atoms with E-state index < -0.39 is 6.04 Å². The summed E-state index contributed by atoms with van der Waals surface area (Å²) in [5, 5.41) is 7.56. The van der Waals surface area contributed by atoms with Crippen LogP contribution >= 0.6 is 22.9 Å². The third-order valence-corrected chi connectivity index (χ3v) is 6.79. The average Bonchev–Trinajstić information content (AvgIpc) is 3.40. The molecule has 0 bridgehead atoms. The minimum atomic E-state index is -0.487. The van der Waals surface area contributed by atoms with Gasteiger partial charge in [0, 0.05) is 60.5 Å². The molecule has 33 heavy (non-hydrogen) atoms. The molecule has 1 aliphatic rings. The number of thiazole rings is 1. The summed E-state index contributed by atoms with van der Waals surface area (Å²) >= 11 is 7.40. The van der Waals surface area contributed by atoms with E-state index in [2.05, 4.69) is 25.5 Å². The molecule has 3 aromatic rings. The maximum atomic E-state index is 12.9. The molecule has 1 atom stereocenters. The molecule has 9 nitrogen and oxygen atoms in total. The van der Waals surface area contributed by atoms with E-state index in [1.807, 2.05) is 13.1 Å². The number of aromatic amines is 1. The number of rotatable bonds is 8. The number of nitrogens with one attached hydrogen (secondary N) is 3. The number of benzene rings is 1. The van der Waals surface area contributed by atoms with E-state index in [1.54, 1.807) is 25.2 Å². The number of nitrogens with zero attached hydrogens (tertiary/aromatic N) is 3. The molecule has 0 saturated carbocycles. The van der Waals surface area contributed by atoms with Gasteiger partial charge in [-0.25, -0.2) is 4.98 Å². The predicted molar refractivity (Wildman–Crippen MR) is 128 cm³/mol. The Bertz CT molecular complexity index is 1190. The number of hydrogen-bond donors (Lipinski definition) is 3. The molecule has 174 valence electrons. The molecule has 2 aromatic heterocycles. The molecule has 11 heteroatoms. The standard InChI is InChI=1S/C22H25ClN6O3S/c1-28-6-5-17-19(11-28)33-22(27-17)21(32)25-15(10-29(2)12-30)9-24-20(31)18-8-13-7-14(23)3-4-16(13)26-18/h3-4,7-8,12,15,26H,5-6,9-11H2,1-2H3,(H,24,31)(H,25,32)/t15-/m0/s1. The summed E-state index contributed by atoms with van der Waals surface area (Å²) in [5.41, 5.74) is 2.16. The van der Waals surface area contributed by atoms with Crippen molar-refractivity contribution >= 4 is 52.1 Å². The highest BCUT2D eigenvalue weighted by molar-refractivity contribution is 7.13. The van der Waals surface area contributed by atoms with Crippen molar-refractivity contribution in [1.82, 2.24) is 30.4 Å². The molecule has 0 unspecified atom stereocenters. The summed E-state index contributed by atoms with van der Waals surface area (Å²) in [5.74, 6) is -0.626. The van der Waals surface area contributed by atoms with Crippen molar-refractivity contribution in [3.63, 3.8) is 0 Å². The number of fused-ring (bicyclic) bond motifs is 2. The minimum absolute atomic E-state index is 0.146. The molecule has 4 rings (SSSR count). The third kappa shape index (κ3) is 5.52. The largest absolute Gasteiger partial charge is 0.351 e. The van der Waals surface area contributed by atoms with Crippen LogP contribution in [0.3, 0.4) is 0 Å². The number of aromatic nitrogens is 2. The van der Waals surface area contributed by atoms with E-state index >= 15 is 0 Å². The first-order chi connectivity index (χ1) is 15.8. The number of carbonyl (C=O) groups is 3. The van der Waals surface area contributed by atoms with Crippen molar-refractivity contribution in [2.24, 2.45) is 0 Å². The first-order valence-electron chi connectivity index (χ1n) is 10.5. The van der Waals surface area contributed by atoms with Crippen LogP contribution in [0.5, 0.6) is 0 Å². The maximum absolute atomic E-state index is 12.9. The summed E-state index contributed by atoms with van der Waals surface area (Å²) in [6.45, 7) is 2.08. The van der Waals surface area contributed by atoms with Crippen LogP contribution in [0.2, 0.25) is 5.02 Å². The molecule has 0 saturated heterocycles. The first-order valence-corrected chi connectivity index (χ1v) is 11.7. The van der Waals surface area contributed by atoms with Crippen molar-refractivity contribution in [2.45, 2.75) is 19.0 Å². The van der Waals surface area contributed by atoms with Crippen molar-refractivity contribution in [2.75, 3.05) is 33.7 Å². The monoisotopic (exact) mass is 488 g/mol. The number of likely N-dealkylation sites (N-methyl/N-ethyl adjacent to an activating group) is 2. The predicted octanol–water partition coefficient (Wildman–Crippen LogP) is 1.88. The Labute approximate surface area is 200 Å². The molecule has 1 aliphatic heterocycles. The normalized spacial score (nSPS) is 14.5. The van der Waals surface area contributed by atoms with Crippen LogP contribution in [0, 0.1) is 0 Å². The lowest BCUT2D eigenvalue weighted by Crippen LogP contribution is -2.49. The van der Waals surface area contributed by atoms with Crippen molar-refractivity contribution < 1.29 is 14.4 Å². The number of amides is 3. The molecule has 3 N–H and O–H groups in total. The fraction of sp³-hybridized carbons (Fsp3) is 0.364. The molecule has 1 aromatic carbocycles. The summed E-state index contributed by atoms with van der Waals surface area (Å²) in [7, 11) is 3.66. The van der Waals surface area contributed by atoms with E-state index in [1.165, 1.54) is 16.2 Å². The molecule has 0 fully saturated rings. The zero-order chi connectivity index (χ0) is 23.5. The van der Waals surface area contributed by atoms with E-state index in [-0.39, 0.29) is 24.9 Å². The van der Waals surface area contributed by atoms with Gasteiger partial charge in [-0.2, -0.15) is 0 Å². The van der Waals surface area contributed by atoms with E-state index in [9.17, 15) is 14.4 Å². The van der Waals surface area contributed by atoms with Crippen molar-refractivity contribution in [1.29, 1.82) is 0 Å². The van der Waals surface area contributed by atoms with Gasteiger partial charge in [0.1, 0.15) is 5.69 Å². The fourth-order valence-corrected chi connectivity index (χ4v) is 5.03. The number of halogens is 1. The number of hydrogen-bond acceptors (Lipinski definition) is 6. The van der Waals surface area contributed by atoms with Gasteiger partial charge in [-0.1, -0.05) is 11.6 Å². The SMILES string of the molecule is CN(C=O)C[C@H](CNC(=O)c1cc2cc(Cl)ccc2[nH]1)NC(=O)c1nc2c(s1)CN(C)CC2. The average molecular weight is 489 g/mol. The molecule has 3 heterocycles. The lowest BCUT2D eigenvalue weighted by molar-refractivity contribution is -0.117. The lowest BCUT2D eigenvalue weighted by atomic mass is 10.2. The second kappa shape index (κ2) is 9.90. The van der Waals surface area contributed by atoms with Crippen LogP contribution in [-0.4, -0.2) is 77.8 Å². The van der Waals surface area contributed by atoms with Crippen LogP contribution < -0.4 is 10.6 Å². The van der Waals surface area contributed by atoms with Gasteiger partial charge in [0.05, 0.1) is 11.7 Å². The van der Waals surface area contributed by atoms with Crippen LogP contribution in [0.4, 0.5) is 0 Å². The Hall–Kier alpha value is -2.95. The van der Waals surface area contributed by atoms with Gasteiger partial charge >= 0.3 is 0 Å². The third-order valence-electron chi connectivity index (χ3n) is 5.48. The van der Waals surface area contributed by atoms with E-state index in [4.69, 9.17) is 11.6 Å². The molecule has 0 spiro atoms. The smallest absolute Gasteiger partial charge is 0.280 e. The van der Waals surface area contributed by atoms with Gasteiger partial charge in [0.25, 0.3) is 11.8 Å². The van der Waals surface area contributed by atoms with Gasteiger partial charge in [-0.15, -0.1) is 11.3 Å². The Morgan fingerprint density at radius 2 is 2.18 bits per heavy atom. The van der Waals surface area contributed by atoms with E-state index in [0.717, 1.165) is 41.0 Å². The second-order valence-corrected chi connectivity index (χ2v) is 9.74. The van der Waals surface area contributed by atoms with Crippen LogP contribution in [0.15, 0.2) is 24.3 Å². The lowest BCUT2D eigenvalue weighted by Gasteiger charge is -2.22. The fourth-order valence-electron chi connectivity index (χ4n) is 3.76. The molecule has 0 radical (unpaired) electrons. The van der Waals surface area contributed by atoms with Gasteiger partial charge < -0.3 is 25.4 Å². The first kappa shape index (κ1) is 23.2. The molecule has 0 aliphatic carbocycles. The van der Waals surface area contributed by atoms with Crippen LogP contribution in [0.1, 0.15) is 30.9 Å². The molecular weight excluding hydrogens is 464 g/mol. The van der Waals surface area contributed by atoms with Gasteiger partial charge in [-0.3, -0.25) is 14.4 Å². The Balaban J connectivity index is 1.42. The van der Waals surface area contributed by atoms with Crippen molar-refractivity contribution in [3.05, 3.63) is 50.6 Å². The maximum Gasteiger partial charge on any atom is 0.280 e. The number of carbonyl (C=O) groups excluding carboxylic acids is 3. The van der Waals surface area contributed by atoms with Gasteiger partial charge in [0.2, 0.25) is 6.41 Å². The summed E-state index contributed by atoms with van der Waals surface area (Å²) in [4.78, 5) is 49.0. The van der Waals surface area contributed by atoms with E-state index in [0.29, 0.717) is 22.1 Å². The summed E-state index contributed by atoms with van der Waals surface area (Å²) in [6, 6.07) is 6.56. The highest BCUT2D eigenvalue weighted by Crippen LogP contribution is 2.24. The molecule has 3 amide bonds. The quantitative estimate of drug-likeness (QED) is 0.419. The number of H-pyrrole nitrogens is 1. The van der Waals surface area contributed by atoms with Gasteiger partial charge in [0.15, 0.2) is 5.01 Å². The van der Waals surface area contributed by atoms with Crippen molar-refractivity contribution in [3.8, 4) is 0 Å². The zero-order valence-electron chi connectivity index (χ0n) is 18.4. The zero-order valence-corrected chi connectivity index (χ0v) is 19.9. The van der Waals surface area contributed by atoms with Gasteiger partial charge in [-0.05, 0) is 31.3 Å². The Morgan fingerprint density at radius 3 is 2.97 bits per heavy atom.